The summed E-state index contributed by atoms with van der Waals surface area (Å²) < 4.78 is 0. The van der Waals surface area contributed by atoms with E-state index in [2.05, 4.69) is 19.7 Å². The number of hydrogen-bond acceptors (Lipinski definition) is 0. The molecule has 0 aromatic rings. The summed E-state index contributed by atoms with van der Waals surface area (Å²) in [6.07, 6.45) is 7.56. The van der Waals surface area contributed by atoms with Crippen LogP contribution in [-0.4, -0.2) is 0 Å². The second kappa shape index (κ2) is 9.96. The smallest absolute Gasteiger partial charge is 0.00872 e. The van der Waals surface area contributed by atoms with E-state index in [0.29, 0.717) is 5.92 Å². The van der Waals surface area contributed by atoms with E-state index in [1.807, 2.05) is 45.1 Å². The largest absolute Gasteiger partial charge is 0.103 e. The molecule has 12 heavy (non-hydrogen) atoms. The maximum absolute atomic E-state index is 3.56. The Morgan fingerprint density at radius 2 is 1.58 bits per heavy atom. The van der Waals surface area contributed by atoms with Crippen molar-refractivity contribution in [2.45, 2.75) is 20.8 Å². The minimum absolute atomic E-state index is 0.463. The minimum Gasteiger partial charge on any atom is -0.103 e. The van der Waals surface area contributed by atoms with Gasteiger partial charge in [0.1, 0.15) is 0 Å². The van der Waals surface area contributed by atoms with Gasteiger partial charge in [0, 0.05) is 0 Å². The van der Waals surface area contributed by atoms with Gasteiger partial charge in [0.25, 0.3) is 0 Å². The van der Waals surface area contributed by atoms with E-state index >= 15 is 0 Å². The third-order valence-electron chi connectivity index (χ3n) is 1.52. The molecule has 0 radical (unpaired) electrons. The molecule has 0 fully saturated rings. The van der Waals surface area contributed by atoms with Crippen LogP contribution in [0.4, 0.5) is 0 Å². The molecule has 0 aliphatic rings. The predicted molar refractivity (Wildman–Crippen MR) is 59.2 cm³/mol. The van der Waals surface area contributed by atoms with Crippen LogP contribution in [0.1, 0.15) is 20.8 Å². The lowest BCUT2D eigenvalue weighted by atomic mass is 10.2. The van der Waals surface area contributed by atoms with Gasteiger partial charge in [-0.1, -0.05) is 43.4 Å². The molecule has 0 aromatic carbocycles. The van der Waals surface area contributed by atoms with Crippen LogP contribution < -0.4 is 0 Å². The van der Waals surface area contributed by atoms with Gasteiger partial charge >= 0.3 is 0 Å². The fourth-order valence-electron chi connectivity index (χ4n) is 0.214. The Morgan fingerprint density at radius 1 is 1.17 bits per heavy atom. The van der Waals surface area contributed by atoms with E-state index in [4.69, 9.17) is 0 Å². The summed E-state index contributed by atoms with van der Waals surface area (Å²) in [5, 5.41) is 0. The molecule has 0 aliphatic heterocycles. The van der Waals surface area contributed by atoms with Crippen LogP contribution in [-0.2, 0) is 0 Å². The summed E-state index contributed by atoms with van der Waals surface area (Å²) in [5.74, 6) is 0.463. The first-order chi connectivity index (χ1) is 5.62. The van der Waals surface area contributed by atoms with Crippen molar-refractivity contribution in [2.24, 2.45) is 5.92 Å². The summed E-state index contributed by atoms with van der Waals surface area (Å²) in [5.41, 5.74) is 1.23. The normalized spacial score (nSPS) is 9.83. The number of rotatable bonds is 3. The van der Waals surface area contributed by atoms with Crippen LogP contribution in [0, 0.1) is 5.92 Å². The van der Waals surface area contributed by atoms with Crippen molar-refractivity contribution < 1.29 is 0 Å². The Bertz CT molecular complexity index is 153. The standard InChI is InChI=1S/2C6H10/c2*1-4-6(3)5-2/h4-5H,1H2,2-3H3;4-6H,1-2H2,3H3. The molecule has 0 spiro atoms. The van der Waals surface area contributed by atoms with Crippen molar-refractivity contribution in [1.82, 2.24) is 0 Å². The van der Waals surface area contributed by atoms with Crippen molar-refractivity contribution in [3.63, 3.8) is 0 Å². The highest BCUT2D eigenvalue weighted by atomic mass is 13.8. The first-order valence-corrected chi connectivity index (χ1v) is 4.12. The lowest BCUT2D eigenvalue weighted by molar-refractivity contribution is 0.948. The Labute approximate surface area is 77.0 Å². The number of hydrogen-bond donors (Lipinski definition) is 0. The lowest BCUT2D eigenvalue weighted by Crippen LogP contribution is -1.75. The molecule has 0 unspecified atom stereocenters. The Kier molecular flexibility index (Phi) is 11.2. The van der Waals surface area contributed by atoms with Crippen LogP contribution in [0.3, 0.4) is 0 Å². The van der Waals surface area contributed by atoms with Crippen molar-refractivity contribution in [3.05, 3.63) is 49.6 Å². The van der Waals surface area contributed by atoms with Crippen molar-refractivity contribution in [3.8, 4) is 0 Å². The summed E-state index contributed by atoms with van der Waals surface area (Å²) in [7, 11) is 0. The maximum atomic E-state index is 3.56. The molecule has 0 aliphatic carbocycles. The van der Waals surface area contributed by atoms with Crippen molar-refractivity contribution >= 4 is 0 Å². The van der Waals surface area contributed by atoms with Crippen LogP contribution in [0.5, 0.6) is 0 Å². The molecule has 0 saturated heterocycles. The highest BCUT2D eigenvalue weighted by Gasteiger charge is 1.79. The van der Waals surface area contributed by atoms with Crippen LogP contribution in [0.25, 0.3) is 0 Å². The Balaban J connectivity index is 0. The molecule has 0 saturated carbocycles. The maximum Gasteiger partial charge on any atom is -0.00872 e. The van der Waals surface area contributed by atoms with E-state index in [1.54, 1.807) is 0 Å². The van der Waals surface area contributed by atoms with Gasteiger partial charge in [-0.2, -0.15) is 0 Å². The zero-order valence-corrected chi connectivity index (χ0v) is 8.51. The molecule has 68 valence electrons. The Morgan fingerprint density at radius 3 is 1.58 bits per heavy atom. The van der Waals surface area contributed by atoms with Gasteiger partial charge in [-0.3, -0.25) is 0 Å². The van der Waals surface area contributed by atoms with Crippen LogP contribution >= 0.6 is 0 Å². The minimum atomic E-state index is 0.463. The predicted octanol–water partition coefficient (Wildman–Crippen LogP) is 4.13. The SMILES string of the molecule is C=CC(C)=CC.C=CC(C)C=C. The highest BCUT2D eigenvalue weighted by molar-refractivity contribution is 5.10. The molecular formula is C12H20. The van der Waals surface area contributed by atoms with Gasteiger partial charge < -0.3 is 0 Å². The molecule has 0 bridgehead atoms. The van der Waals surface area contributed by atoms with E-state index in [1.165, 1.54) is 5.57 Å². The third kappa shape index (κ3) is 11.7. The number of allylic oxidation sites excluding steroid dienone is 5. The zero-order chi connectivity index (χ0) is 9.98. The fraction of sp³-hybridized carbons (Fsp3) is 0.333. The molecule has 0 N–H and O–H groups in total. The highest BCUT2D eigenvalue weighted by Crippen LogP contribution is 1.92. The second-order valence-electron chi connectivity index (χ2n) is 2.57. The second-order valence-corrected chi connectivity index (χ2v) is 2.57. The van der Waals surface area contributed by atoms with E-state index < -0.39 is 0 Å². The van der Waals surface area contributed by atoms with Gasteiger partial charge in [-0.15, -0.1) is 13.2 Å². The van der Waals surface area contributed by atoms with Gasteiger partial charge in [0.2, 0.25) is 0 Å². The van der Waals surface area contributed by atoms with E-state index in [-0.39, 0.29) is 0 Å². The molecule has 0 atom stereocenters. The van der Waals surface area contributed by atoms with Crippen molar-refractivity contribution in [1.29, 1.82) is 0 Å². The molecular weight excluding hydrogens is 144 g/mol. The summed E-state index contributed by atoms with van der Waals surface area (Å²) in [4.78, 5) is 0. The summed E-state index contributed by atoms with van der Waals surface area (Å²) >= 11 is 0. The molecule has 0 amide bonds. The quantitative estimate of drug-likeness (QED) is 0.434. The fourth-order valence-corrected chi connectivity index (χ4v) is 0.214. The van der Waals surface area contributed by atoms with Gasteiger partial charge in [-0.05, 0) is 19.8 Å². The van der Waals surface area contributed by atoms with Crippen LogP contribution in [0.2, 0.25) is 0 Å². The summed E-state index contributed by atoms with van der Waals surface area (Å²) in [6, 6.07) is 0. The lowest BCUT2D eigenvalue weighted by Gasteiger charge is -1.88. The van der Waals surface area contributed by atoms with Crippen LogP contribution in [0.15, 0.2) is 49.6 Å². The monoisotopic (exact) mass is 164 g/mol. The first-order valence-electron chi connectivity index (χ1n) is 4.12. The first kappa shape index (κ1) is 13.5. The van der Waals surface area contributed by atoms with E-state index in [0.717, 1.165) is 0 Å². The molecule has 0 heterocycles. The van der Waals surface area contributed by atoms with Gasteiger partial charge in [0.05, 0.1) is 0 Å². The summed E-state index contributed by atoms with van der Waals surface area (Å²) in [6.45, 7) is 16.7. The average molecular weight is 164 g/mol. The average Bonchev–Trinajstić information content (AvgIpc) is 2.16. The molecule has 0 heteroatoms. The van der Waals surface area contributed by atoms with Gasteiger partial charge in [-0.25, -0.2) is 0 Å². The molecule has 0 rings (SSSR count). The molecule has 0 aromatic heterocycles. The molecule has 0 nitrogen and oxygen atoms in total. The van der Waals surface area contributed by atoms with Gasteiger partial charge in [0.15, 0.2) is 0 Å². The zero-order valence-electron chi connectivity index (χ0n) is 8.51. The third-order valence-corrected chi connectivity index (χ3v) is 1.52. The van der Waals surface area contributed by atoms with E-state index in [9.17, 15) is 0 Å². The Hall–Kier alpha value is -1.04. The topological polar surface area (TPSA) is 0 Å². The van der Waals surface area contributed by atoms with Crippen molar-refractivity contribution in [2.75, 3.05) is 0 Å².